The molecule has 0 aliphatic carbocycles. The van der Waals surface area contributed by atoms with Gasteiger partial charge < -0.3 is 9.84 Å². The van der Waals surface area contributed by atoms with Gasteiger partial charge in [0.05, 0.1) is 17.7 Å². The zero-order chi connectivity index (χ0) is 9.14. The van der Waals surface area contributed by atoms with E-state index >= 15 is 0 Å². The Morgan fingerprint density at radius 2 is 2.25 bits per heavy atom. The number of hydrogen-bond donors (Lipinski definition) is 1. The zero-order valence-electron chi connectivity index (χ0n) is 6.34. The molecule has 62 valence electrons. The molecule has 1 N–H and O–H groups in total. The average molecular weight is 184 g/mol. The Hall–Kier alpha value is -1.40. The number of methoxy groups -OCH3 is 1. The second-order valence-electron chi connectivity index (χ2n) is 2.12. The normalized spacial score (nSPS) is 9.08. The number of phenolic OH excluding ortho intramolecular Hbond substituents is 1. The van der Waals surface area contributed by atoms with E-state index in [0.29, 0.717) is 0 Å². The van der Waals surface area contributed by atoms with E-state index in [1.54, 1.807) is 0 Å². The molecular weight excluding hydrogens is 178 g/mol. The van der Waals surface area contributed by atoms with Gasteiger partial charge in [-0.05, 0) is 0 Å². The van der Waals surface area contributed by atoms with Crippen molar-refractivity contribution in [1.82, 2.24) is 0 Å². The molecule has 0 amide bonds. The number of phenols is 1. The Morgan fingerprint density at radius 1 is 1.58 bits per heavy atom. The minimum atomic E-state index is -0.0848. The van der Waals surface area contributed by atoms with Crippen molar-refractivity contribution in [2.75, 3.05) is 7.11 Å². The van der Waals surface area contributed by atoms with E-state index in [1.807, 2.05) is 6.07 Å². The summed E-state index contributed by atoms with van der Waals surface area (Å²) in [5, 5.41) is 18.0. The summed E-state index contributed by atoms with van der Waals surface area (Å²) in [6, 6.07) is 4.50. The third-order valence-electron chi connectivity index (χ3n) is 1.39. The number of rotatable bonds is 1. The first kappa shape index (κ1) is 8.69. The lowest BCUT2D eigenvalue weighted by Crippen LogP contribution is -1.85. The maximum Gasteiger partial charge on any atom is 0.162 e. The predicted molar refractivity (Wildman–Crippen MR) is 44.4 cm³/mol. The summed E-state index contributed by atoms with van der Waals surface area (Å²) in [5.41, 5.74) is 0.231. The van der Waals surface area contributed by atoms with Crippen molar-refractivity contribution in [2.45, 2.75) is 0 Å². The second kappa shape index (κ2) is 3.33. The van der Waals surface area contributed by atoms with Gasteiger partial charge in [0.1, 0.15) is 6.07 Å². The maximum absolute atomic E-state index is 9.21. The fourth-order valence-electron chi connectivity index (χ4n) is 0.793. The first-order valence-corrected chi connectivity index (χ1v) is 3.53. The van der Waals surface area contributed by atoms with Gasteiger partial charge in [0.15, 0.2) is 11.5 Å². The van der Waals surface area contributed by atoms with E-state index < -0.39 is 0 Å². The molecule has 0 radical (unpaired) electrons. The standard InChI is InChI=1S/C8H6ClNO2/c1-12-8-3-6(9)5(4-10)2-7(8)11/h2-3,11H,1H3. The molecule has 1 rings (SSSR count). The van der Waals surface area contributed by atoms with Crippen molar-refractivity contribution >= 4 is 11.6 Å². The molecule has 0 heterocycles. The molecule has 4 heteroatoms. The van der Waals surface area contributed by atoms with Gasteiger partial charge in [0.25, 0.3) is 0 Å². The lowest BCUT2D eigenvalue weighted by atomic mass is 10.2. The highest BCUT2D eigenvalue weighted by atomic mass is 35.5. The third-order valence-corrected chi connectivity index (χ3v) is 1.70. The largest absolute Gasteiger partial charge is 0.504 e. The number of halogens is 1. The summed E-state index contributed by atoms with van der Waals surface area (Å²) < 4.78 is 4.78. The summed E-state index contributed by atoms with van der Waals surface area (Å²) in [6.45, 7) is 0. The molecule has 0 aromatic heterocycles. The lowest BCUT2D eigenvalue weighted by Gasteiger charge is -2.03. The van der Waals surface area contributed by atoms with Crippen LogP contribution in [-0.2, 0) is 0 Å². The third kappa shape index (κ3) is 1.44. The molecular formula is C8H6ClNO2. The van der Waals surface area contributed by atoms with Crippen molar-refractivity contribution in [1.29, 1.82) is 5.26 Å². The second-order valence-corrected chi connectivity index (χ2v) is 2.52. The molecule has 0 atom stereocenters. The van der Waals surface area contributed by atoms with Crippen molar-refractivity contribution in [3.05, 3.63) is 22.7 Å². The van der Waals surface area contributed by atoms with Crippen LogP contribution in [0.5, 0.6) is 11.5 Å². The monoisotopic (exact) mass is 183 g/mol. The van der Waals surface area contributed by atoms with Crippen molar-refractivity contribution in [3.63, 3.8) is 0 Å². The first-order chi connectivity index (χ1) is 5.69. The number of nitrogens with zero attached hydrogens (tertiary/aromatic N) is 1. The van der Waals surface area contributed by atoms with Crippen LogP contribution in [0.4, 0.5) is 0 Å². The SMILES string of the molecule is COc1cc(Cl)c(C#N)cc1O. The molecule has 0 unspecified atom stereocenters. The van der Waals surface area contributed by atoms with E-state index in [9.17, 15) is 5.11 Å². The fourth-order valence-corrected chi connectivity index (χ4v) is 0.989. The average Bonchev–Trinajstić information content (AvgIpc) is 2.08. The van der Waals surface area contributed by atoms with Gasteiger partial charge >= 0.3 is 0 Å². The summed E-state index contributed by atoms with van der Waals surface area (Å²) >= 11 is 5.67. The Kier molecular flexibility index (Phi) is 2.41. The molecule has 0 spiro atoms. The molecule has 0 aliphatic rings. The minimum Gasteiger partial charge on any atom is -0.504 e. The maximum atomic E-state index is 9.21. The highest BCUT2D eigenvalue weighted by molar-refractivity contribution is 6.31. The highest BCUT2D eigenvalue weighted by Gasteiger charge is 2.06. The van der Waals surface area contributed by atoms with Gasteiger partial charge in [0, 0.05) is 12.1 Å². The van der Waals surface area contributed by atoms with E-state index in [0.717, 1.165) is 0 Å². The summed E-state index contributed by atoms with van der Waals surface area (Å²) in [6.07, 6.45) is 0. The number of benzene rings is 1. The molecule has 0 fully saturated rings. The van der Waals surface area contributed by atoms with Gasteiger partial charge in [-0.15, -0.1) is 0 Å². The Morgan fingerprint density at radius 3 is 2.75 bits per heavy atom. The van der Waals surface area contributed by atoms with Crippen molar-refractivity contribution in [3.8, 4) is 17.6 Å². The topological polar surface area (TPSA) is 53.2 Å². The van der Waals surface area contributed by atoms with E-state index in [2.05, 4.69) is 0 Å². The van der Waals surface area contributed by atoms with Crippen molar-refractivity contribution < 1.29 is 9.84 Å². The Balaban J connectivity index is 3.28. The number of aromatic hydroxyl groups is 1. The summed E-state index contributed by atoms with van der Waals surface area (Å²) in [7, 11) is 1.41. The Labute approximate surface area is 74.8 Å². The van der Waals surface area contributed by atoms with Crippen LogP contribution in [0.3, 0.4) is 0 Å². The van der Waals surface area contributed by atoms with Gasteiger partial charge in [-0.2, -0.15) is 5.26 Å². The first-order valence-electron chi connectivity index (χ1n) is 3.15. The smallest absolute Gasteiger partial charge is 0.162 e. The predicted octanol–water partition coefficient (Wildman–Crippen LogP) is 1.93. The van der Waals surface area contributed by atoms with Crippen LogP contribution >= 0.6 is 11.6 Å². The number of nitriles is 1. The molecule has 0 saturated carbocycles. The van der Waals surface area contributed by atoms with Gasteiger partial charge in [-0.1, -0.05) is 11.6 Å². The molecule has 0 aliphatic heterocycles. The van der Waals surface area contributed by atoms with Crippen LogP contribution in [0.25, 0.3) is 0 Å². The Bertz CT molecular complexity index is 343. The molecule has 1 aromatic carbocycles. The van der Waals surface area contributed by atoms with E-state index in [4.69, 9.17) is 21.6 Å². The van der Waals surface area contributed by atoms with Crippen LogP contribution in [0.1, 0.15) is 5.56 Å². The molecule has 0 saturated heterocycles. The van der Waals surface area contributed by atoms with Crippen LogP contribution < -0.4 is 4.74 Å². The van der Waals surface area contributed by atoms with Crippen LogP contribution in [0, 0.1) is 11.3 Å². The van der Waals surface area contributed by atoms with E-state index in [-0.39, 0.29) is 22.1 Å². The van der Waals surface area contributed by atoms with E-state index in [1.165, 1.54) is 19.2 Å². The summed E-state index contributed by atoms with van der Waals surface area (Å²) in [4.78, 5) is 0. The lowest BCUT2D eigenvalue weighted by molar-refractivity contribution is 0.373. The van der Waals surface area contributed by atoms with Gasteiger partial charge in [0.2, 0.25) is 0 Å². The molecule has 3 nitrogen and oxygen atoms in total. The summed E-state index contributed by atoms with van der Waals surface area (Å²) in [5.74, 6) is 0.178. The van der Waals surface area contributed by atoms with Crippen molar-refractivity contribution in [2.24, 2.45) is 0 Å². The van der Waals surface area contributed by atoms with Crippen LogP contribution in [0.15, 0.2) is 12.1 Å². The number of ether oxygens (including phenoxy) is 1. The highest BCUT2D eigenvalue weighted by Crippen LogP contribution is 2.31. The van der Waals surface area contributed by atoms with Gasteiger partial charge in [-0.25, -0.2) is 0 Å². The van der Waals surface area contributed by atoms with Gasteiger partial charge in [-0.3, -0.25) is 0 Å². The fraction of sp³-hybridized carbons (Fsp3) is 0.125. The quantitative estimate of drug-likeness (QED) is 0.724. The molecule has 1 aromatic rings. The number of hydrogen-bond acceptors (Lipinski definition) is 3. The molecule has 0 bridgehead atoms. The van der Waals surface area contributed by atoms with Crippen LogP contribution in [0.2, 0.25) is 5.02 Å². The van der Waals surface area contributed by atoms with Crippen LogP contribution in [-0.4, -0.2) is 12.2 Å². The zero-order valence-corrected chi connectivity index (χ0v) is 7.09. The molecule has 12 heavy (non-hydrogen) atoms. The minimum absolute atomic E-state index is 0.0848.